The Morgan fingerprint density at radius 2 is 2.15 bits per heavy atom. The maximum absolute atomic E-state index is 11.7. The van der Waals surface area contributed by atoms with Gasteiger partial charge in [0.25, 0.3) is 0 Å². The molecule has 1 amide bonds. The van der Waals surface area contributed by atoms with E-state index in [0.29, 0.717) is 18.0 Å². The average Bonchev–Trinajstić information content (AvgIpc) is 2.95. The van der Waals surface area contributed by atoms with Gasteiger partial charge in [-0.15, -0.1) is 0 Å². The Morgan fingerprint density at radius 3 is 2.90 bits per heavy atom. The van der Waals surface area contributed by atoms with Gasteiger partial charge in [-0.3, -0.25) is 4.79 Å². The Hall–Kier alpha value is -1.46. The summed E-state index contributed by atoms with van der Waals surface area (Å²) in [6, 6.07) is 7.40. The molecule has 1 aliphatic carbocycles. The summed E-state index contributed by atoms with van der Waals surface area (Å²) in [6.45, 7) is 0.399. The minimum atomic E-state index is 0.109. The van der Waals surface area contributed by atoms with Gasteiger partial charge in [0.15, 0.2) is 0 Å². The van der Waals surface area contributed by atoms with E-state index < -0.39 is 0 Å². The molecule has 20 heavy (non-hydrogen) atoms. The molecule has 0 bridgehead atoms. The molecule has 0 spiro atoms. The van der Waals surface area contributed by atoms with E-state index in [1.165, 1.54) is 25.7 Å². The fourth-order valence-corrected chi connectivity index (χ4v) is 2.77. The van der Waals surface area contributed by atoms with E-state index in [1.54, 1.807) is 0 Å². The molecule has 106 valence electrons. The number of rotatable bonds is 4. The molecule has 2 nitrogen and oxygen atoms in total. The zero-order valence-corrected chi connectivity index (χ0v) is 12.4. The lowest BCUT2D eigenvalue weighted by molar-refractivity contribution is -0.121. The van der Waals surface area contributed by atoms with Gasteiger partial charge < -0.3 is 5.32 Å². The van der Waals surface area contributed by atoms with Crippen LogP contribution in [-0.2, 0) is 4.79 Å². The van der Waals surface area contributed by atoms with Crippen molar-refractivity contribution in [3.05, 3.63) is 34.9 Å². The Labute approximate surface area is 125 Å². The van der Waals surface area contributed by atoms with E-state index in [0.717, 1.165) is 17.9 Å². The quantitative estimate of drug-likeness (QED) is 0.840. The summed E-state index contributed by atoms with van der Waals surface area (Å²) in [5.41, 5.74) is 0.873. The van der Waals surface area contributed by atoms with Crippen molar-refractivity contribution in [3.63, 3.8) is 0 Å². The second-order valence-electron chi connectivity index (χ2n) is 5.28. The van der Waals surface area contributed by atoms with E-state index in [1.807, 2.05) is 24.3 Å². The van der Waals surface area contributed by atoms with Crippen LogP contribution in [0.1, 0.15) is 44.1 Å². The monoisotopic (exact) mass is 289 g/mol. The van der Waals surface area contributed by atoms with Crippen LogP contribution in [-0.4, -0.2) is 12.5 Å². The highest BCUT2D eigenvalue weighted by Gasteiger charge is 2.15. The standard InChI is InChI=1S/C17H20ClNO/c18-16-9-3-7-15(13-16)8-4-12-19-17(20)11-10-14-5-1-2-6-14/h3,7,9,13-14H,1-2,5-6,10-12H2,(H,19,20). The lowest BCUT2D eigenvalue weighted by Crippen LogP contribution is -2.23. The third-order valence-electron chi connectivity index (χ3n) is 3.69. The van der Waals surface area contributed by atoms with Gasteiger partial charge in [-0.25, -0.2) is 0 Å². The predicted molar refractivity (Wildman–Crippen MR) is 82.5 cm³/mol. The fraction of sp³-hybridized carbons (Fsp3) is 0.471. The summed E-state index contributed by atoms with van der Waals surface area (Å²) in [4.78, 5) is 11.7. The third kappa shape index (κ3) is 5.27. The molecule has 1 fully saturated rings. The number of carbonyl (C=O) groups is 1. The van der Waals surface area contributed by atoms with Crippen LogP contribution in [0.2, 0.25) is 5.02 Å². The van der Waals surface area contributed by atoms with Crippen LogP contribution in [0.4, 0.5) is 0 Å². The molecule has 1 aliphatic rings. The molecule has 0 aliphatic heterocycles. The number of halogens is 1. The highest BCUT2D eigenvalue weighted by atomic mass is 35.5. The molecular formula is C17H20ClNO. The van der Waals surface area contributed by atoms with E-state index in [4.69, 9.17) is 11.6 Å². The molecule has 0 unspecified atom stereocenters. The number of amides is 1. The minimum Gasteiger partial charge on any atom is -0.345 e. The topological polar surface area (TPSA) is 29.1 Å². The van der Waals surface area contributed by atoms with Crippen molar-refractivity contribution in [1.29, 1.82) is 0 Å². The van der Waals surface area contributed by atoms with Crippen LogP contribution in [0.3, 0.4) is 0 Å². The van der Waals surface area contributed by atoms with Gasteiger partial charge in [-0.2, -0.15) is 0 Å². The van der Waals surface area contributed by atoms with Crippen molar-refractivity contribution in [2.24, 2.45) is 5.92 Å². The van der Waals surface area contributed by atoms with Crippen molar-refractivity contribution < 1.29 is 4.79 Å². The highest BCUT2D eigenvalue weighted by molar-refractivity contribution is 6.30. The van der Waals surface area contributed by atoms with Gasteiger partial charge in [0.05, 0.1) is 6.54 Å². The molecule has 2 rings (SSSR count). The maximum Gasteiger partial charge on any atom is 0.220 e. The average molecular weight is 290 g/mol. The van der Waals surface area contributed by atoms with Crippen LogP contribution in [0.5, 0.6) is 0 Å². The van der Waals surface area contributed by atoms with E-state index in [-0.39, 0.29) is 5.91 Å². The molecule has 1 aromatic carbocycles. The van der Waals surface area contributed by atoms with E-state index >= 15 is 0 Å². The summed E-state index contributed by atoms with van der Waals surface area (Å²) in [5.74, 6) is 6.81. The van der Waals surface area contributed by atoms with Crippen molar-refractivity contribution in [2.75, 3.05) is 6.54 Å². The largest absolute Gasteiger partial charge is 0.345 e. The molecule has 0 atom stereocenters. The minimum absolute atomic E-state index is 0.109. The highest BCUT2D eigenvalue weighted by Crippen LogP contribution is 2.28. The number of nitrogens with one attached hydrogen (secondary N) is 1. The Balaban J connectivity index is 1.66. The first-order valence-corrected chi connectivity index (χ1v) is 7.63. The van der Waals surface area contributed by atoms with Crippen molar-refractivity contribution >= 4 is 17.5 Å². The van der Waals surface area contributed by atoms with E-state index in [9.17, 15) is 4.79 Å². The summed E-state index contributed by atoms with van der Waals surface area (Å²) in [6.07, 6.45) is 6.90. The smallest absolute Gasteiger partial charge is 0.220 e. The first-order chi connectivity index (χ1) is 9.74. The predicted octanol–water partition coefficient (Wildman–Crippen LogP) is 3.78. The summed E-state index contributed by atoms with van der Waals surface area (Å²) in [7, 11) is 0. The van der Waals surface area contributed by atoms with Crippen molar-refractivity contribution in [3.8, 4) is 11.8 Å². The molecule has 1 N–H and O–H groups in total. The van der Waals surface area contributed by atoms with Gasteiger partial charge >= 0.3 is 0 Å². The molecule has 1 saturated carbocycles. The van der Waals surface area contributed by atoms with Crippen molar-refractivity contribution in [2.45, 2.75) is 38.5 Å². The lowest BCUT2D eigenvalue weighted by atomic mass is 10.0. The number of hydrogen-bond donors (Lipinski definition) is 1. The summed E-state index contributed by atoms with van der Waals surface area (Å²) >= 11 is 5.87. The second-order valence-corrected chi connectivity index (χ2v) is 5.71. The number of benzene rings is 1. The van der Waals surface area contributed by atoms with Gasteiger partial charge in [0.1, 0.15) is 0 Å². The van der Waals surface area contributed by atoms with Crippen LogP contribution >= 0.6 is 11.6 Å². The first-order valence-electron chi connectivity index (χ1n) is 7.25. The Morgan fingerprint density at radius 1 is 1.35 bits per heavy atom. The van der Waals surface area contributed by atoms with Crippen LogP contribution < -0.4 is 5.32 Å². The Kier molecular flexibility index (Phi) is 5.95. The summed E-state index contributed by atoms with van der Waals surface area (Å²) in [5, 5.41) is 3.52. The molecule has 0 saturated heterocycles. The molecule has 0 heterocycles. The van der Waals surface area contributed by atoms with Crippen LogP contribution in [0, 0.1) is 17.8 Å². The molecule has 1 aromatic rings. The van der Waals surface area contributed by atoms with Gasteiger partial charge in [0, 0.05) is 17.0 Å². The van der Waals surface area contributed by atoms with Gasteiger partial charge in [-0.05, 0) is 30.5 Å². The molecule has 3 heteroatoms. The van der Waals surface area contributed by atoms with Gasteiger partial charge in [0.2, 0.25) is 5.91 Å². The van der Waals surface area contributed by atoms with Gasteiger partial charge in [-0.1, -0.05) is 55.2 Å². The second kappa shape index (κ2) is 7.97. The van der Waals surface area contributed by atoms with Crippen LogP contribution in [0.15, 0.2) is 24.3 Å². The third-order valence-corrected chi connectivity index (χ3v) is 3.92. The zero-order chi connectivity index (χ0) is 14.2. The molecular weight excluding hydrogens is 270 g/mol. The fourth-order valence-electron chi connectivity index (χ4n) is 2.58. The SMILES string of the molecule is O=C(CCC1CCCC1)NCC#Cc1cccc(Cl)c1. The number of carbonyl (C=O) groups excluding carboxylic acids is 1. The lowest BCUT2D eigenvalue weighted by Gasteiger charge is -2.07. The molecule has 0 radical (unpaired) electrons. The van der Waals surface area contributed by atoms with Crippen LogP contribution in [0.25, 0.3) is 0 Å². The maximum atomic E-state index is 11.7. The Bertz CT molecular complexity index is 509. The van der Waals surface area contributed by atoms with E-state index in [2.05, 4.69) is 17.2 Å². The van der Waals surface area contributed by atoms with Crippen molar-refractivity contribution in [1.82, 2.24) is 5.32 Å². The number of hydrogen-bond acceptors (Lipinski definition) is 1. The summed E-state index contributed by atoms with van der Waals surface area (Å²) < 4.78 is 0. The molecule has 0 aromatic heterocycles. The first kappa shape index (κ1) is 14.9. The zero-order valence-electron chi connectivity index (χ0n) is 11.6. The normalized spacial score (nSPS) is 14.7.